The molecule has 4 aromatic rings. The van der Waals surface area contributed by atoms with Crippen LogP contribution in [0.15, 0.2) is 79.4 Å². The number of hydrogen-bond acceptors (Lipinski definition) is 5. The fourth-order valence-corrected chi connectivity index (χ4v) is 3.90. The van der Waals surface area contributed by atoms with Gasteiger partial charge in [0, 0.05) is 24.3 Å². The SMILES string of the molecule is C=CC(=O)Nc1cccc(-n2c(NC(=O)c3cccc(O)c3)nc3cc(CNCC(C)(C)C)ccc32)c1. The van der Waals surface area contributed by atoms with Crippen LogP contribution in [0.4, 0.5) is 11.6 Å². The third kappa shape index (κ3) is 6.42. The van der Waals surface area contributed by atoms with Crippen molar-refractivity contribution in [2.75, 3.05) is 17.2 Å². The molecule has 0 aliphatic carbocycles. The number of carbonyl (C=O) groups excluding carboxylic acids is 2. The van der Waals surface area contributed by atoms with E-state index in [0.29, 0.717) is 34.9 Å². The predicted molar refractivity (Wildman–Crippen MR) is 147 cm³/mol. The second kappa shape index (κ2) is 10.7. The number of hydrogen-bond donors (Lipinski definition) is 4. The third-order valence-electron chi connectivity index (χ3n) is 5.59. The molecule has 37 heavy (non-hydrogen) atoms. The number of phenols is 1. The fraction of sp³-hybridized carbons (Fsp3) is 0.207. The summed E-state index contributed by atoms with van der Waals surface area (Å²) in [6.45, 7) is 11.6. The van der Waals surface area contributed by atoms with Gasteiger partial charge in [-0.05, 0) is 65.6 Å². The predicted octanol–water partition coefficient (Wildman–Crippen LogP) is 5.24. The lowest BCUT2D eigenvalue weighted by atomic mass is 9.97. The Bertz CT molecular complexity index is 1470. The van der Waals surface area contributed by atoms with Gasteiger partial charge in [0.2, 0.25) is 11.9 Å². The van der Waals surface area contributed by atoms with Crippen molar-refractivity contribution >= 4 is 34.5 Å². The van der Waals surface area contributed by atoms with Crippen LogP contribution in [-0.2, 0) is 11.3 Å². The molecule has 0 saturated heterocycles. The van der Waals surface area contributed by atoms with E-state index in [1.165, 1.54) is 18.2 Å². The minimum absolute atomic E-state index is 0.000729. The number of rotatable bonds is 8. The lowest BCUT2D eigenvalue weighted by molar-refractivity contribution is -0.111. The van der Waals surface area contributed by atoms with Crippen molar-refractivity contribution in [2.45, 2.75) is 27.3 Å². The molecule has 1 aromatic heterocycles. The van der Waals surface area contributed by atoms with E-state index in [-0.39, 0.29) is 17.1 Å². The lowest BCUT2D eigenvalue weighted by Gasteiger charge is -2.18. The van der Waals surface area contributed by atoms with Crippen molar-refractivity contribution < 1.29 is 14.7 Å². The summed E-state index contributed by atoms with van der Waals surface area (Å²) in [7, 11) is 0. The Morgan fingerprint density at radius 1 is 1.03 bits per heavy atom. The zero-order valence-corrected chi connectivity index (χ0v) is 21.2. The first-order valence-corrected chi connectivity index (χ1v) is 12.0. The maximum atomic E-state index is 13.0. The van der Waals surface area contributed by atoms with Crippen LogP contribution >= 0.6 is 0 Å². The number of aromatic nitrogens is 2. The summed E-state index contributed by atoms with van der Waals surface area (Å²) >= 11 is 0. The van der Waals surface area contributed by atoms with Gasteiger partial charge in [-0.15, -0.1) is 0 Å². The van der Waals surface area contributed by atoms with Crippen molar-refractivity contribution in [1.82, 2.24) is 14.9 Å². The summed E-state index contributed by atoms with van der Waals surface area (Å²) in [5, 5.41) is 18.9. The molecule has 8 heteroatoms. The van der Waals surface area contributed by atoms with Gasteiger partial charge in [-0.3, -0.25) is 19.5 Å². The monoisotopic (exact) mass is 497 g/mol. The van der Waals surface area contributed by atoms with Crippen LogP contribution in [0.3, 0.4) is 0 Å². The Balaban J connectivity index is 1.74. The second-order valence-electron chi connectivity index (χ2n) is 10.0. The van der Waals surface area contributed by atoms with Gasteiger partial charge in [0.05, 0.1) is 16.7 Å². The molecule has 3 aromatic carbocycles. The van der Waals surface area contributed by atoms with Crippen LogP contribution in [0.1, 0.15) is 36.7 Å². The Morgan fingerprint density at radius 3 is 2.54 bits per heavy atom. The molecule has 4 rings (SSSR count). The number of imidazole rings is 1. The first-order chi connectivity index (χ1) is 17.6. The van der Waals surface area contributed by atoms with Crippen LogP contribution < -0.4 is 16.0 Å². The number of nitrogens with zero attached hydrogens (tertiary/aromatic N) is 2. The largest absolute Gasteiger partial charge is 0.508 e. The quantitative estimate of drug-likeness (QED) is 0.249. The molecule has 0 unspecified atom stereocenters. The van der Waals surface area contributed by atoms with Crippen molar-refractivity contribution in [3.05, 3.63) is 90.5 Å². The van der Waals surface area contributed by atoms with Gasteiger partial charge in [0.15, 0.2) is 0 Å². The number of carbonyl (C=O) groups is 2. The molecule has 0 aliphatic heterocycles. The second-order valence-corrected chi connectivity index (χ2v) is 10.0. The molecule has 0 fully saturated rings. The van der Waals surface area contributed by atoms with Gasteiger partial charge in [-0.25, -0.2) is 4.98 Å². The van der Waals surface area contributed by atoms with Crippen LogP contribution in [0, 0.1) is 5.41 Å². The van der Waals surface area contributed by atoms with E-state index in [1.54, 1.807) is 24.3 Å². The normalized spacial score (nSPS) is 11.3. The maximum absolute atomic E-state index is 13.0. The van der Waals surface area contributed by atoms with E-state index in [1.807, 2.05) is 34.9 Å². The lowest BCUT2D eigenvalue weighted by Crippen LogP contribution is -2.26. The van der Waals surface area contributed by atoms with E-state index >= 15 is 0 Å². The van der Waals surface area contributed by atoms with E-state index in [2.05, 4.69) is 43.3 Å². The number of aromatic hydroxyl groups is 1. The summed E-state index contributed by atoms with van der Waals surface area (Å²) in [5.74, 6) is -0.414. The molecule has 190 valence electrons. The summed E-state index contributed by atoms with van der Waals surface area (Å²) < 4.78 is 1.83. The number of amides is 2. The average Bonchev–Trinajstić information content (AvgIpc) is 3.20. The van der Waals surface area contributed by atoms with Gasteiger partial charge >= 0.3 is 0 Å². The minimum Gasteiger partial charge on any atom is -0.508 e. The van der Waals surface area contributed by atoms with E-state index in [4.69, 9.17) is 4.98 Å². The number of benzene rings is 3. The topological polar surface area (TPSA) is 108 Å². The van der Waals surface area contributed by atoms with Gasteiger partial charge < -0.3 is 15.7 Å². The van der Waals surface area contributed by atoms with Gasteiger partial charge in [-0.2, -0.15) is 0 Å². The van der Waals surface area contributed by atoms with E-state index < -0.39 is 5.91 Å². The highest BCUT2D eigenvalue weighted by atomic mass is 16.3. The highest BCUT2D eigenvalue weighted by Crippen LogP contribution is 2.28. The van der Waals surface area contributed by atoms with E-state index in [0.717, 1.165) is 17.6 Å². The Kier molecular flexibility index (Phi) is 7.40. The summed E-state index contributed by atoms with van der Waals surface area (Å²) in [6, 6.07) is 19.4. The van der Waals surface area contributed by atoms with Gasteiger partial charge in [-0.1, -0.05) is 45.5 Å². The van der Waals surface area contributed by atoms with Crippen molar-refractivity contribution in [2.24, 2.45) is 5.41 Å². The Morgan fingerprint density at radius 2 is 1.81 bits per heavy atom. The maximum Gasteiger partial charge on any atom is 0.258 e. The Labute approximate surface area is 216 Å². The molecule has 8 nitrogen and oxygen atoms in total. The number of anilines is 2. The van der Waals surface area contributed by atoms with Crippen molar-refractivity contribution in [3.8, 4) is 11.4 Å². The van der Waals surface area contributed by atoms with Crippen molar-refractivity contribution in [3.63, 3.8) is 0 Å². The summed E-state index contributed by atoms with van der Waals surface area (Å²) in [4.78, 5) is 29.6. The zero-order chi connectivity index (χ0) is 26.6. The molecule has 2 amide bonds. The molecular weight excluding hydrogens is 466 g/mol. The number of fused-ring (bicyclic) bond motifs is 1. The number of phenolic OH excluding ortho intramolecular Hbond substituents is 1. The van der Waals surface area contributed by atoms with E-state index in [9.17, 15) is 14.7 Å². The van der Waals surface area contributed by atoms with Crippen LogP contribution in [0.5, 0.6) is 5.75 Å². The molecule has 1 heterocycles. The van der Waals surface area contributed by atoms with Gasteiger partial charge in [0.1, 0.15) is 5.75 Å². The zero-order valence-electron chi connectivity index (χ0n) is 21.2. The van der Waals surface area contributed by atoms with Crippen LogP contribution in [0.2, 0.25) is 0 Å². The van der Waals surface area contributed by atoms with Gasteiger partial charge in [0.25, 0.3) is 5.91 Å². The van der Waals surface area contributed by atoms with Crippen LogP contribution in [0.25, 0.3) is 16.7 Å². The molecule has 0 aliphatic rings. The molecule has 0 radical (unpaired) electrons. The van der Waals surface area contributed by atoms with Crippen LogP contribution in [-0.4, -0.2) is 33.0 Å². The smallest absolute Gasteiger partial charge is 0.258 e. The molecule has 0 bridgehead atoms. The molecular formula is C29H31N5O3. The first-order valence-electron chi connectivity index (χ1n) is 12.0. The molecule has 0 saturated carbocycles. The average molecular weight is 498 g/mol. The standard InChI is InChI=1S/C29H31N5O3/c1-5-26(36)31-21-9-7-10-22(16-21)34-25-13-12-19(17-30-18-29(2,3)4)14-24(25)32-28(34)33-27(37)20-8-6-11-23(35)15-20/h5-16,30,35H,1,17-18H2,2-4H3,(H,31,36)(H,32,33,37). The molecule has 0 atom stereocenters. The minimum atomic E-state index is -0.407. The highest BCUT2D eigenvalue weighted by Gasteiger charge is 2.17. The first kappa shape index (κ1) is 25.7. The molecule has 4 N–H and O–H groups in total. The summed E-state index contributed by atoms with van der Waals surface area (Å²) in [6.07, 6.45) is 1.20. The number of nitrogens with one attached hydrogen (secondary N) is 3. The molecule has 0 spiro atoms. The fourth-order valence-electron chi connectivity index (χ4n) is 3.90. The van der Waals surface area contributed by atoms with Crippen molar-refractivity contribution in [1.29, 1.82) is 0 Å². The highest BCUT2D eigenvalue weighted by molar-refractivity contribution is 6.04. The third-order valence-corrected chi connectivity index (χ3v) is 5.59. The summed E-state index contributed by atoms with van der Waals surface area (Å²) in [5.41, 5.74) is 4.32. The Hall–Kier alpha value is -4.43.